The summed E-state index contributed by atoms with van der Waals surface area (Å²) in [5.74, 6) is -1.73. The first-order valence-corrected chi connectivity index (χ1v) is 10.7. The fourth-order valence-corrected chi connectivity index (χ4v) is 3.86. The van der Waals surface area contributed by atoms with E-state index in [1.807, 2.05) is 12.1 Å². The van der Waals surface area contributed by atoms with E-state index in [1.165, 1.54) is 12.1 Å². The Morgan fingerprint density at radius 3 is 1.91 bits per heavy atom. The van der Waals surface area contributed by atoms with Gasteiger partial charge in [-0.15, -0.1) is 0 Å². The summed E-state index contributed by atoms with van der Waals surface area (Å²) in [4.78, 5) is 19.0. The molecule has 0 amide bonds. The molecule has 2 heterocycles. The molecule has 0 unspecified atom stereocenters. The maximum atomic E-state index is 11.6. The second-order valence-corrected chi connectivity index (χ2v) is 8.26. The number of aromatic nitrogens is 2. The number of pyridine rings is 2. The monoisotopic (exact) mass is 500 g/mol. The zero-order valence-electron chi connectivity index (χ0n) is 16.8. The fraction of sp³-hybridized carbons (Fsp3) is 0.136. The Morgan fingerprint density at radius 1 is 0.969 bits per heavy atom. The first-order valence-electron chi connectivity index (χ1n) is 9.26. The third-order valence-corrected chi connectivity index (χ3v) is 5.77. The molecular formula is C22H19CuN3O5S. The third kappa shape index (κ3) is 6.09. The van der Waals surface area contributed by atoms with E-state index in [-0.39, 0.29) is 22.0 Å². The summed E-state index contributed by atoms with van der Waals surface area (Å²) in [6.07, 6.45) is 3.60. The van der Waals surface area contributed by atoms with Gasteiger partial charge in [-0.25, -0.2) is 8.42 Å². The number of fused-ring (bicyclic) bond motifs is 3. The van der Waals surface area contributed by atoms with Crippen LogP contribution in [0.2, 0.25) is 0 Å². The molecule has 32 heavy (non-hydrogen) atoms. The molecule has 0 aliphatic carbocycles. The minimum absolute atomic E-state index is 0. The van der Waals surface area contributed by atoms with Crippen LogP contribution < -0.4 is 5.11 Å². The molecule has 0 saturated carbocycles. The summed E-state index contributed by atoms with van der Waals surface area (Å²) < 4.78 is 26.4. The molecule has 0 aliphatic heterocycles. The van der Waals surface area contributed by atoms with E-state index in [0.717, 1.165) is 27.4 Å². The number of carboxylic acids is 1. The van der Waals surface area contributed by atoms with E-state index in [2.05, 4.69) is 39.0 Å². The average molecular weight is 501 g/mol. The Bertz CT molecular complexity index is 1260. The topological polar surface area (TPSA) is 134 Å². The Morgan fingerprint density at radius 2 is 1.47 bits per heavy atom. The zero-order chi connectivity index (χ0) is 22.4. The molecule has 0 fully saturated rings. The van der Waals surface area contributed by atoms with Gasteiger partial charge in [0.2, 0.25) is 0 Å². The number of aliphatic carboxylic acids is 1. The molecule has 169 valence electrons. The van der Waals surface area contributed by atoms with Gasteiger partial charge in [-0.1, -0.05) is 48.0 Å². The number of aryl methyl sites for hydroxylation is 1. The van der Waals surface area contributed by atoms with E-state index in [0.29, 0.717) is 0 Å². The van der Waals surface area contributed by atoms with Crippen molar-refractivity contribution in [3.63, 3.8) is 0 Å². The molecule has 2 aromatic heterocycles. The number of carbonyl (C=O) groups is 1. The molecule has 10 heteroatoms. The quantitative estimate of drug-likeness (QED) is 0.327. The number of aliphatic hydroxyl groups is 1. The largest absolute Gasteiger partial charge is 2.00 e. The van der Waals surface area contributed by atoms with Gasteiger partial charge >= 0.3 is 17.1 Å². The Labute approximate surface area is 195 Å². The standard InChI is InChI=1S/C12H8N2.C10H12NO5S.Cu/c1-3-9-5-6-10-4-2-8-14-12(10)11(9)13-7-1;1-7-2-4-8(5-3-7)17(15,16)11-9(6-12)10(13)14;/h1-8H;2-5,9,12H,6H2,1H3,(H,13,14);/q;-1;+2/p-1/t;9-;/m.0./s1. The van der Waals surface area contributed by atoms with Gasteiger partial charge in [-0.3, -0.25) is 9.97 Å². The van der Waals surface area contributed by atoms with E-state index in [1.54, 1.807) is 31.5 Å². The van der Waals surface area contributed by atoms with Crippen LogP contribution in [0.25, 0.3) is 26.5 Å². The van der Waals surface area contributed by atoms with Crippen LogP contribution in [0, 0.1) is 6.92 Å². The first-order chi connectivity index (χ1) is 14.8. The predicted octanol–water partition coefficient (Wildman–Crippen LogP) is 1.95. The van der Waals surface area contributed by atoms with Crippen LogP contribution in [0.1, 0.15) is 5.56 Å². The van der Waals surface area contributed by atoms with E-state index in [9.17, 15) is 18.3 Å². The van der Waals surface area contributed by atoms with Crippen molar-refractivity contribution in [2.24, 2.45) is 0 Å². The van der Waals surface area contributed by atoms with Gasteiger partial charge in [0, 0.05) is 40.6 Å². The predicted molar refractivity (Wildman–Crippen MR) is 115 cm³/mol. The Balaban J connectivity index is 0.000000222. The van der Waals surface area contributed by atoms with E-state index in [4.69, 9.17) is 5.11 Å². The minimum atomic E-state index is -4.09. The molecule has 4 aromatic rings. The normalized spacial score (nSPS) is 11.8. The van der Waals surface area contributed by atoms with Crippen molar-refractivity contribution >= 4 is 37.8 Å². The van der Waals surface area contributed by atoms with Crippen LogP contribution in [0.5, 0.6) is 0 Å². The maximum Gasteiger partial charge on any atom is 2.00 e. The van der Waals surface area contributed by atoms with Crippen molar-refractivity contribution in [3.05, 3.63) is 83.3 Å². The van der Waals surface area contributed by atoms with Gasteiger partial charge < -0.3 is 19.7 Å². The molecule has 0 spiro atoms. The van der Waals surface area contributed by atoms with Gasteiger partial charge in [-0.05, 0) is 31.2 Å². The second-order valence-electron chi connectivity index (χ2n) is 6.63. The van der Waals surface area contributed by atoms with Crippen molar-refractivity contribution in [1.82, 2.24) is 9.97 Å². The smallest absolute Gasteiger partial charge is 0.552 e. The molecule has 4 rings (SSSR count). The molecule has 0 bridgehead atoms. The molecule has 1 atom stereocenters. The van der Waals surface area contributed by atoms with Gasteiger partial charge in [0.05, 0.1) is 11.0 Å². The van der Waals surface area contributed by atoms with Crippen LogP contribution in [-0.2, 0) is 31.9 Å². The number of nitrogens with zero attached hydrogens (tertiary/aromatic N) is 3. The molecule has 2 aromatic carbocycles. The number of rotatable bonds is 5. The molecule has 8 nitrogen and oxygen atoms in total. The molecule has 0 aliphatic rings. The number of carbonyl (C=O) groups excluding carboxylic acids is 1. The van der Waals surface area contributed by atoms with Gasteiger partial charge in [-0.2, -0.15) is 0 Å². The first kappa shape index (κ1) is 25.4. The van der Waals surface area contributed by atoms with Crippen molar-refractivity contribution in [2.45, 2.75) is 17.9 Å². The fourth-order valence-electron chi connectivity index (χ4n) is 2.77. The zero-order valence-corrected chi connectivity index (χ0v) is 18.6. The third-order valence-electron chi connectivity index (χ3n) is 4.37. The van der Waals surface area contributed by atoms with Crippen molar-refractivity contribution in [2.75, 3.05) is 6.61 Å². The summed E-state index contributed by atoms with van der Waals surface area (Å²) in [5.41, 5.74) is 2.82. The van der Waals surface area contributed by atoms with Crippen LogP contribution in [-0.4, -0.2) is 42.1 Å². The van der Waals surface area contributed by atoms with Crippen molar-refractivity contribution in [1.29, 1.82) is 0 Å². The van der Waals surface area contributed by atoms with Crippen molar-refractivity contribution in [3.8, 4) is 0 Å². The maximum absolute atomic E-state index is 11.6. The van der Waals surface area contributed by atoms with E-state index >= 15 is 0 Å². The molecule has 1 N–H and O–H groups in total. The van der Waals surface area contributed by atoms with Crippen LogP contribution in [0.3, 0.4) is 0 Å². The summed E-state index contributed by atoms with van der Waals surface area (Å²) in [6.45, 7) is 0.860. The number of benzene rings is 2. The number of hydrogen-bond donors (Lipinski definition) is 1. The summed E-state index contributed by atoms with van der Waals surface area (Å²) in [7, 11) is -4.09. The second kappa shape index (κ2) is 11.1. The van der Waals surface area contributed by atoms with Gasteiger partial charge in [0.1, 0.15) is 10.0 Å². The van der Waals surface area contributed by atoms with Gasteiger partial charge in [0.15, 0.2) is 0 Å². The molecule has 0 saturated heterocycles. The Hall–Kier alpha value is -2.88. The molecular weight excluding hydrogens is 482 g/mol. The molecule has 1 radical (unpaired) electrons. The number of aliphatic hydroxyl groups excluding tert-OH is 1. The van der Waals surface area contributed by atoms with E-state index < -0.39 is 28.6 Å². The number of carboxylic acid groups (broad SMARTS) is 1. The minimum Gasteiger partial charge on any atom is -0.552 e. The van der Waals surface area contributed by atoms with Crippen LogP contribution >= 0.6 is 0 Å². The SMILES string of the molecule is Cc1ccc(S(=O)(=O)[N-][C@@H](CO)C(=O)[O-])cc1.[Cu+2].c1cnc2c(c1)ccc1cccnc12. The summed E-state index contributed by atoms with van der Waals surface area (Å²) >= 11 is 0. The Kier molecular flexibility index (Phi) is 8.82. The summed E-state index contributed by atoms with van der Waals surface area (Å²) in [6, 6.07) is 16.1. The van der Waals surface area contributed by atoms with Crippen LogP contribution in [0.4, 0.5) is 0 Å². The number of sulfonamides is 1. The van der Waals surface area contributed by atoms with Gasteiger partial charge in [0.25, 0.3) is 0 Å². The number of hydrogen-bond acceptors (Lipinski definition) is 7. The van der Waals surface area contributed by atoms with Crippen LogP contribution in [0.15, 0.2) is 78.0 Å². The van der Waals surface area contributed by atoms with Crippen molar-refractivity contribution < 1.29 is 40.5 Å². The average Bonchev–Trinajstić information content (AvgIpc) is 2.78. The summed E-state index contributed by atoms with van der Waals surface area (Å²) in [5, 5.41) is 21.4.